The summed E-state index contributed by atoms with van der Waals surface area (Å²) < 4.78 is 14.1. The number of nitrogens with two attached hydrogens (primary N) is 1. The van der Waals surface area contributed by atoms with Gasteiger partial charge in [0.1, 0.15) is 11.4 Å². The molecule has 8 heteroatoms. The summed E-state index contributed by atoms with van der Waals surface area (Å²) in [6, 6.07) is 4.92. The van der Waals surface area contributed by atoms with Gasteiger partial charge in [-0.2, -0.15) is 0 Å². The molecule has 0 aliphatic carbocycles. The van der Waals surface area contributed by atoms with Crippen LogP contribution in [0.25, 0.3) is 22.3 Å². The Labute approximate surface area is 148 Å². The number of aromatic nitrogens is 3. The van der Waals surface area contributed by atoms with Crippen LogP contribution in [0.15, 0.2) is 30.6 Å². The molecular formula is C17H17ClFN5O. The predicted octanol–water partition coefficient (Wildman–Crippen LogP) is 2.88. The molecule has 0 spiro atoms. The molecule has 0 fully saturated rings. The number of hydrogen-bond acceptors (Lipinski definition) is 4. The first-order valence-electron chi connectivity index (χ1n) is 7.61. The van der Waals surface area contributed by atoms with Gasteiger partial charge in [0, 0.05) is 17.5 Å². The molecule has 0 radical (unpaired) electrons. The summed E-state index contributed by atoms with van der Waals surface area (Å²) in [5.74, 6) is -0.907. The highest BCUT2D eigenvalue weighted by molar-refractivity contribution is 6.31. The van der Waals surface area contributed by atoms with E-state index < -0.39 is 11.4 Å². The molecule has 2 heterocycles. The summed E-state index contributed by atoms with van der Waals surface area (Å²) in [6.07, 6.45) is 2.86. The molecule has 0 aliphatic heterocycles. The molecule has 130 valence electrons. The van der Waals surface area contributed by atoms with Crippen molar-refractivity contribution in [2.75, 3.05) is 6.54 Å². The van der Waals surface area contributed by atoms with Crippen LogP contribution in [0.3, 0.4) is 0 Å². The first-order valence-corrected chi connectivity index (χ1v) is 7.98. The van der Waals surface area contributed by atoms with Crippen molar-refractivity contribution in [3.63, 3.8) is 0 Å². The number of amides is 1. The summed E-state index contributed by atoms with van der Waals surface area (Å²) in [5, 5.41) is 3.39. The van der Waals surface area contributed by atoms with Gasteiger partial charge >= 0.3 is 0 Å². The first kappa shape index (κ1) is 17.3. The van der Waals surface area contributed by atoms with Crippen molar-refractivity contribution in [1.82, 2.24) is 20.3 Å². The Hall–Kier alpha value is -2.51. The van der Waals surface area contributed by atoms with Gasteiger partial charge < -0.3 is 16.0 Å². The summed E-state index contributed by atoms with van der Waals surface area (Å²) in [6.45, 7) is 3.91. The van der Waals surface area contributed by atoms with E-state index in [1.54, 1.807) is 26.0 Å². The molecule has 3 rings (SSSR count). The fourth-order valence-corrected chi connectivity index (χ4v) is 2.44. The number of carbonyl (C=O) groups is 1. The van der Waals surface area contributed by atoms with E-state index in [4.69, 9.17) is 17.3 Å². The molecule has 3 aromatic rings. The number of H-pyrrole nitrogens is 1. The third-order valence-corrected chi connectivity index (χ3v) is 3.83. The van der Waals surface area contributed by atoms with E-state index in [9.17, 15) is 9.18 Å². The van der Waals surface area contributed by atoms with E-state index in [1.165, 1.54) is 18.5 Å². The van der Waals surface area contributed by atoms with Crippen LogP contribution < -0.4 is 11.1 Å². The molecule has 4 N–H and O–H groups in total. The van der Waals surface area contributed by atoms with Crippen LogP contribution in [0.1, 0.15) is 24.3 Å². The summed E-state index contributed by atoms with van der Waals surface area (Å²) >= 11 is 5.80. The van der Waals surface area contributed by atoms with Crippen molar-refractivity contribution >= 4 is 28.4 Å². The van der Waals surface area contributed by atoms with E-state index in [2.05, 4.69) is 20.3 Å². The highest BCUT2D eigenvalue weighted by atomic mass is 35.5. The van der Waals surface area contributed by atoms with Gasteiger partial charge in [0.25, 0.3) is 5.91 Å². The second-order valence-electron chi connectivity index (χ2n) is 6.47. The van der Waals surface area contributed by atoms with Crippen molar-refractivity contribution in [2.45, 2.75) is 19.4 Å². The van der Waals surface area contributed by atoms with Gasteiger partial charge in [-0.15, -0.1) is 0 Å². The lowest BCUT2D eigenvalue weighted by atomic mass is 10.1. The first-order chi connectivity index (χ1) is 11.7. The second-order valence-corrected chi connectivity index (χ2v) is 6.88. The minimum Gasteiger partial charge on any atom is -0.351 e. The maximum atomic E-state index is 14.1. The highest BCUT2D eigenvalue weighted by Crippen LogP contribution is 2.28. The number of carbonyl (C=O) groups excluding carboxylic acids is 1. The van der Waals surface area contributed by atoms with Gasteiger partial charge in [-0.1, -0.05) is 17.7 Å². The molecule has 0 aliphatic rings. The Kier molecular flexibility index (Phi) is 4.45. The van der Waals surface area contributed by atoms with Crippen LogP contribution >= 0.6 is 11.6 Å². The van der Waals surface area contributed by atoms with Crippen molar-refractivity contribution < 1.29 is 9.18 Å². The molecule has 1 amide bonds. The molecule has 1 aromatic carbocycles. The average molecular weight is 362 g/mol. The van der Waals surface area contributed by atoms with Gasteiger partial charge in [-0.25, -0.2) is 9.37 Å². The van der Waals surface area contributed by atoms with Crippen molar-refractivity contribution in [3.05, 3.63) is 47.1 Å². The number of halogens is 2. The topological polar surface area (TPSA) is 96.7 Å². The minimum absolute atomic E-state index is 0.0320. The smallest absolute Gasteiger partial charge is 0.271 e. The van der Waals surface area contributed by atoms with Crippen LogP contribution in [-0.2, 0) is 0 Å². The van der Waals surface area contributed by atoms with E-state index in [-0.39, 0.29) is 22.1 Å². The monoisotopic (exact) mass is 361 g/mol. The fraction of sp³-hybridized carbons (Fsp3) is 0.235. The number of aromatic amines is 1. The number of benzene rings is 1. The van der Waals surface area contributed by atoms with Crippen LogP contribution in [0, 0.1) is 5.82 Å². The zero-order valence-electron chi connectivity index (χ0n) is 13.7. The van der Waals surface area contributed by atoms with Crippen LogP contribution in [0.4, 0.5) is 4.39 Å². The highest BCUT2D eigenvalue weighted by Gasteiger charge is 2.16. The largest absolute Gasteiger partial charge is 0.351 e. The van der Waals surface area contributed by atoms with Crippen LogP contribution in [-0.4, -0.2) is 32.9 Å². The summed E-state index contributed by atoms with van der Waals surface area (Å²) in [5.41, 5.74) is 6.71. The molecule has 0 atom stereocenters. The summed E-state index contributed by atoms with van der Waals surface area (Å²) in [7, 11) is 0. The van der Waals surface area contributed by atoms with E-state index in [0.29, 0.717) is 23.3 Å². The Morgan fingerprint density at radius 1 is 1.40 bits per heavy atom. The van der Waals surface area contributed by atoms with Crippen molar-refractivity contribution in [3.8, 4) is 11.4 Å². The Balaban J connectivity index is 1.91. The molecule has 0 bridgehead atoms. The molecule has 0 saturated heterocycles. The van der Waals surface area contributed by atoms with Crippen molar-refractivity contribution in [2.24, 2.45) is 5.73 Å². The molecule has 6 nitrogen and oxygen atoms in total. The Morgan fingerprint density at radius 3 is 2.88 bits per heavy atom. The standard InChI is InChI=1S/C17H17ClFN5O/c1-17(2,20)8-22-16(25)13-7-21-6-12(23-13)11-5-9-3-4-10(18)14(19)15(9)24-11/h3-7,24H,8,20H2,1-2H3,(H,22,25). The van der Waals surface area contributed by atoms with Gasteiger partial charge in [-0.05, 0) is 26.0 Å². The lowest BCUT2D eigenvalue weighted by Crippen LogP contribution is -2.45. The van der Waals surface area contributed by atoms with E-state index >= 15 is 0 Å². The van der Waals surface area contributed by atoms with Crippen LogP contribution in [0.2, 0.25) is 5.02 Å². The normalized spacial score (nSPS) is 11.7. The predicted molar refractivity (Wildman–Crippen MR) is 94.9 cm³/mol. The zero-order chi connectivity index (χ0) is 18.2. The third kappa shape index (κ3) is 3.78. The average Bonchev–Trinajstić information content (AvgIpc) is 3.00. The maximum absolute atomic E-state index is 14.1. The lowest BCUT2D eigenvalue weighted by molar-refractivity contribution is 0.0940. The van der Waals surface area contributed by atoms with Gasteiger partial charge in [-0.3, -0.25) is 9.78 Å². The van der Waals surface area contributed by atoms with Crippen LogP contribution in [0.5, 0.6) is 0 Å². The molecule has 25 heavy (non-hydrogen) atoms. The molecule has 0 saturated carbocycles. The minimum atomic E-state index is -0.533. The number of nitrogens with zero attached hydrogens (tertiary/aromatic N) is 2. The van der Waals surface area contributed by atoms with Gasteiger partial charge in [0.05, 0.1) is 28.6 Å². The number of fused-ring (bicyclic) bond motifs is 1. The maximum Gasteiger partial charge on any atom is 0.271 e. The second kappa shape index (κ2) is 6.42. The van der Waals surface area contributed by atoms with Crippen molar-refractivity contribution in [1.29, 1.82) is 0 Å². The third-order valence-electron chi connectivity index (χ3n) is 3.53. The SMILES string of the molecule is CC(C)(N)CNC(=O)c1cncc(-c2cc3ccc(Cl)c(F)c3[nH]2)n1. The number of hydrogen-bond donors (Lipinski definition) is 3. The lowest BCUT2D eigenvalue weighted by Gasteiger charge is -2.18. The molecular weight excluding hydrogens is 345 g/mol. The number of rotatable bonds is 4. The molecule has 0 unspecified atom stereocenters. The van der Waals surface area contributed by atoms with E-state index in [1.807, 2.05) is 0 Å². The quantitative estimate of drug-likeness (QED) is 0.665. The van der Waals surface area contributed by atoms with Gasteiger partial charge in [0.15, 0.2) is 5.82 Å². The number of nitrogens with one attached hydrogen (secondary N) is 2. The Bertz CT molecular complexity index is 948. The Morgan fingerprint density at radius 2 is 2.16 bits per heavy atom. The zero-order valence-corrected chi connectivity index (χ0v) is 14.5. The van der Waals surface area contributed by atoms with E-state index in [0.717, 1.165) is 0 Å². The summed E-state index contributed by atoms with van der Waals surface area (Å²) in [4.78, 5) is 23.4. The van der Waals surface area contributed by atoms with Gasteiger partial charge in [0.2, 0.25) is 0 Å². The fourth-order valence-electron chi connectivity index (χ4n) is 2.28. The molecule has 2 aromatic heterocycles.